The fourth-order valence-corrected chi connectivity index (χ4v) is 3.81. The summed E-state index contributed by atoms with van der Waals surface area (Å²) < 4.78 is 23.2. The van der Waals surface area contributed by atoms with E-state index in [1.807, 2.05) is 6.92 Å². The average Bonchev–Trinajstić information content (AvgIpc) is 2.68. The summed E-state index contributed by atoms with van der Waals surface area (Å²) in [5.41, 5.74) is 2.50. The SMILES string of the molecule is CCNC(=NCc1ccc(CN2CCCCC2)cc1)NCCS(=O)(=O)CC.I. The number of nitrogens with zero attached hydrogens (tertiary/aromatic N) is 2. The Labute approximate surface area is 187 Å². The number of piperidine rings is 1. The summed E-state index contributed by atoms with van der Waals surface area (Å²) in [6, 6.07) is 8.64. The van der Waals surface area contributed by atoms with Crippen LogP contribution in [0.5, 0.6) is 0 Å². The third-order valence-electron chi connectivity index (χ3n) is 4.79. The van der Waals surface area contributed by atoms with E-state index in [1.54, 1.807) is 6.92 Å². The quantitative estimate of drug-likeness (QED) is 0.297. The predicted molar refractivity (Wildman–Crippen MR) is 128 cm³/mol. The van der Waals surface area contributed by atoms with Crippen LogP contribution < -0.4 is 10.6 Å². The molecule has 28 heavy (non-hydrogen) atoms. The van der Waals surface area contributed by atoms with Gasteiger partial charge in [-0.1, -0.05) is 37.6 Å². The largest absolute Gasteiger partial charge is 0.357 e. The summed E-state index contributed by atoms with van der Waals surface area (Å²) in [4.78, 5) is 7.09. The van der Waals surface area contributed by atoms with Crippen LogP contribution >= 0.6 is 24.0 Å². The number of aliphatic imine (C=N–C) groups is 1. The van der Waals surface area contributed by atoms with Crippen LogP contribution in [0.1, 0.15) is 44.2 Å². The lowest BCUT2D eigenvalue weighted by Crippen LogP contribution is -2.39. The minimum absolute atomic E-state index is 0. The lowest BCUT2D eigenvalue weighted by atomic mass is 10.1. The molecule has 0 atom stereocenters. The number of benzene rings is 1. The maximum Gasteiger partial charge on any atom is 0.191 e. The van der Waals surface area contributed by atoms with Gasteiger partial charge in [-0.05, 0) is 44.0 Å². The van der Waals surface area contributed by atoms with Gasteiger partial charge < -0.3 is 10.6 Å². The smallest absolute Gasteiger partial charge is 0.191 e. The van der Waals surface area contributed by atoms with E-state index in [-0.39, 0.29) is 35.5 Å². The van der Waals surface area contributed by atoms with E-state index < -0.39 is 9.84 Å². The van der Waals surface area contributed by atoms with Gasteiger partial charge in [-0.3, -0.25) is 4.90 Å². The van der Waals surface area contributed by atoms with Crippen molar-refractivity contribution in [1.82, 2.24) is 15.5 Å². The molecule has 1 aromatic rings. The van der Waals surface area contributed by atoms with Crippen molar-refractivity contribution in [1.29, 1.82) is 0 Å². The van der Waals surface area contributed by atoms with Crippen molar-refractivity contribution in [2.45, 2.75) is 46.2 Å². The van der Waals surface area contributed by atoms with E-state index in [9.17, 15) is 8.42 Å². The molecule has 1 fully saturated rings. The molecule has 0 saturated carbocycles. The topological polar surface area (TPSA) is 73.8 Å². The summed E-state index contributed by atoms with van der Waals surface area (Å²) in [7, 11) is -2.96. The Hall–Kier alpha value is -0.870. The second kappa shape index (κ2) is 13.4. The number of nitrogens with one attached hydrogen (secondary N) is 2. The number of guanidine groups is 1. The second-order valence-electron chi connectivity index (χ2n) is 7.01. The zero-order valence-electron chi connectivity index (χ0n) is 17.1. The molecule has 2 rings (SSSR count). The van der Waals surface area contributed by atoms with E-state index in [4.69, 9.17) is 0 Å². The van der Waals surface area contributed by atoms with Crippen molar-refractivity contribution < 1.29 is 8.42 Å². The van der Waals surface area contributed by atoms with Crippen molar-refractivity contribution in [3.05, 3.63) is 35.4 Å². The Morgan fingerprint density at radius 2 is 1.68 bits per heavy atom. The van der Waals surface area contributed by atoms with Gasteiger partial charge in [0, 0.05) is 25.4 Å². The zero-order valence-corrected chi connectivity index (χ0v) is 20.3. The van der Waals surface area contributed by atoms with Gasteiger partial charge in [0.15, 0.2) is 15.8 Å². The van der Waals surface area contributed by atoms with Crippen molar-refractivity contribution in [2.75, 3.05) is 37.7 Å². The van der Waals surface area contributed by atoms with Crippen molar-refractivity contribution in [3.63, 3.8) is 0 Å². The Morgan fingerprint density at radius 1 is 1.04 bits per heavy atom. The Bertz CT molecular complexity index is 687. The summed E-state index contributed by atoms with van der Waals surface area (Å²) >= 11 is 0. The number of rotatable bonds is 9. The predicted octanol–water partition coefficient (Wildman–Crippen LogP) is 2.78. The molecule has 0 bridgehead atoms. The van der Waals surface area contributed by atoms with Crippen LogP contribution in [0.15, 0.2) is 29.3 Å². The van der Waals surface area contributed by atoms with Gasteiger partial charge in [0.25, 0.3) is 0 Å². The van der Waals surface area contributed by atoms with Crippen molar-refractivity contribution in [2.24, 2.45) is 4.99 Å². The molecule has 1 aliphatic rings. The summed E-state index contributed by atoms with van der Waals surface area (Å²) in [6.07, 6.45) is 3.99. The van der Waals surface area contributed by atoms with Crippen LogP contribution in [0.4, 0.5) is 0 Å². The molecule has 0 spiro atoms. The Balaban J connectivity index is 0.00000392. The first-order valence-corrected chi connectivity index (χ1v) is 11.9. The first-order valence-electron chi connectivity index (χ1n) is 10.0. The van der Waals surface area contributed by atoms with Crippen LogP contribution in [0, 0.1) is 0 Å². The lowest BCUT2D eigenvalue weighted by molar-refractivity contribution is 0.221. The summed E-state index contributed by atoms with van der Waals surface area (Å²) in [6.45, 7) is 8.78. The van der Waals surface area contributed by atoms with Gasteiger partial charge in [-0.25, -0.2) is 13.4 Å². The normalized spacial score (nSPS) is 15.7. The molecule has 2 N–H and O–H groups in total. The van der Waals surface area contributed by atoms with Gasteiger partial charge in [-0.15, -0.1) is 24.0 Å². The van der Waals surface area contributed by atoms with Crippen molar-refractivity contribution >= 4 is 39.8 Å². The lowest BCUT2D eigenvalue weighted by Gasteiger charge is -2.26. The van der Waals surface area contributed by atoms with Crippen LogP contribution in [0.2, 0.25) is 0 Å². The number of halogens is 1. The minimum Gasteiger partial charge on any atom is -0.357 e. The first-order chi connectivity index (χ1) is 13.0. The molecule has 1 saturated heterocycles. The molecule has 1 aliphatic heterocycles. The molecule has 1 aromatic carbocycles. The van der Waals surface area contributed by atoms with Crippen molar-refractivity contribution in [3.8, 4) is 0 Å². The third kappa shape index (κ3) is 9.56. The van der Waals surface area contributed by atoms with E-state index in [0.717, 1.165) is 18.7 Å². The highest BCUT2D eigenvalue weighted by Crippen LogP contribution is 2.14. The minimum atomic E-state index is -2.96. The number of hydrogen-bond acceptors (Lipinski definition) is 4. The molecule has 0 radical (unpaired) electrons. The van der Waals surface area contributed by atoms with Crippen LogP contribution in [-0.4, -0.2) is 57.0 Å². The van der Waals surface area contributed by atoms with E-state index in [2.05, 4.69) is 44.8 Å². The molecule has 160 valence electrons. The van der Waals surface area contributed by atoms with Gasteiger partial charge in [0.05, 0.1) is 12.3 Å². The Kier molecular flexibility index (Phi) is 12.0. The maximum atomic E-state index is 11.6. The average molecular weight is 522 g/mol. The molecule has 6 nitrogen and oxygen atoms in total. The molecule has 0 aliphatic carbocycles. The van der Waals surface area contributed by atoms with Gasteiger partial charge in [0.2, 0.25) is 0 Å². The highest BCUT2D eigenvalue weighted by Gasteiger charge is 2.10. The van der Waals surface area contributed by atoms with Gasteiger partial charge >= 0.3 is 0 Å². The number of likely N-dealkylation sites (tertiary alicyclic amines) is 1. The summed E-state index contributed by atoms with van der Waals surface area (Å²) in [5, 5.41) is 6.26. The van der Waals surface area contributed by atoms with Crippen LogP contribution in [-0.2, 0) is 22.9 Å². The monoisotopic (exact) mass is 522 g/mol. The highest BCUT2D eigenvalue weighted by molar-refractivity contribution is 14.0. The fourth-order valence-electron chi connectivity index (χ4n) is 3.11. The Morgan fingerprint density at radius 3 is 2.29 bits per heavy atom. The third-order valence-corrected chi connectivity index (χ3v) is 6.49. The van der Waals surface area contributed by atoms with Crippen LogP contribution in [0.25, 0.3) is 0 Å². The van der Waals surface area contributed by atoms with Gasteiger partial charge in [-0.2, -0.15) is 0 Å². The van der Waals surface area contributed by atoms with Gasteiger partial charge in [0.1, 0.15) is 0 Å². The standard InChI is InChI=1S/C20H34N4O2S.HI/c1-3-21-20(22-12-15-27(25,26)4-2)23-16-18-8-10-19(11-9-18)17-24-13-6-5-7-14-24;/h8-11H,3-7,12-17H2,1-2H3,(H2,21,22,23);1H. The molecule has 1 heterocycles. The number of sulfone groups is 1. The highest BCUT2D eigenvalue weighted by atomic mass is 127. The fraction of sp³-hybridized carbons (Fsp3) is 0.650. The maximum absolute atomic E-state index is 11.6. The zero-order chi connectivity index (χ0) is 19.5. The molecule has 8 heteroatoms. The molecule has 0 aromatic heterocycles. The second-order valence-corrected chi connectivity index (χ2v) is 9.48. The van der Waals surface area contributed by atoms with Crippen LogP contribution in [0.3, 0.4) is 0 Å². The molecular weight excluding hydrogens is 487 g/mol. The number of hydrogen-bond donors (Lipinski definition) is 2. The van der Waals surface area contributed by atoms with E-state index >= 15 is 0 Å². The van der Waals surface area contributed by atoms with E-state index in [1.165, 1.54) is 37.9 Å². The first kappa shape index (κ1) is 25.2. The molecule has 0 amide bonds. The summed E-state index contributed by atoms with van der Waals surface area (Å²) in [5.74, 6) is 0.951. The van der Waals surface area contributed by atoms with E-state index in [0.29, 0.717) is 19.0 Å². The molecule has 0 unspecified atom stereocenters. The molecular formula is C20H35IN4O2S.